The van der Waals surface area contributed by atoms with E-state index < -0.39 is 0 Å². The maximum Gasteiger partial charge on any atom is 0.151 e. The van der Waals surface area contributed by atoms with Crippen LogP contribution in [0.5, 0.6) is 0 Å². The van der Waals surface area contributed by atoms with Crippen molar-refractivity contribution in [2.75, 3.05) is 25.1 Å². The molecule has 1 aliphatic rings. The number of hydrogen-bond donors (Lipinski definition) is 1. The third-order valence-corrected chi connectivity index (χ3v) is 3.01. The normalized spacial score (nSPS) is 17.8. The van der Waals surface area contributed by atoms with Crippen molar-refractivity contribution in [2.45, 2.75) is 25.5 Å². The van der Waals surface area contributed by atoms with Gasteiger partial charge in [0.2, 0.25) is 0 Å². The molecular formula is C11H18N4O. The van der Waals surface area contributed by atoms with Gasteiger partial charge in [0.25, 0.3) is 0 Å². The fourth-order valence-electron chi connectivity index (χ4n) is 1.95. The average Bonchev–Trinajstić information content (AvgIpc) is 2.39. The number of ether oxygens (including phenoxy) is 1. The Morgan fingerprint density at radius 3 is 2.62 bits per heavy atom. The van der Waals surface area contributed by atoms with Crippen molar-refractivity contribution < 1.29 is 4.74 Å². The Labute approximate surface area is 95.6 Å². The molecule has 1 aliphatic heterocycles. The van der Waals surface area contributed by atoms with Crippen LogP contribution >= 0.6 is 0 Å². The minimum atomic E-state index is 0.396. The van der Waals surface area contributed by atoms with Crippen molar-refractivity contribution >= 4 is 5.82 Å². The molecule has 1 aromatic heterocycles. The molecule has 1 aromatic rings. The van der Waals surface area contributed by atoms with Crippen molar-refractivity contribution in [3.05, 3.63) is 17.8 Å². The van der Waals surface area contributed by atoms with E-state index in [0.29, 0.717) is 12.6 Å². The molecule has 5 heteroatoms. The zero-order valence-corrected chi connectivity index (χ0v) is 9.59. The maximum absolute atomic E-state index is 5.48. The standard InChI is InChI=1S/C11H18N4O/c1-16-10-4-6-15(7-5-10)11-3-2-9(8-12)13-14-11/h2-3,10H,4-8,12H2,1H3. The quantitative estimate of drug-likeness (QED) is 0.809. The van der Waals surface area contributed by atoms with E-state index in [2.05, 4.69) is 15.1 Å². The summed E-state index contributed by atoms with van der Waals surface area (Å²) < 4.78 is 5.33. The Balaban J connectivity index is 1.97. The molecule has 0 unspecified atom stereocenters. The fourth-order valence-corrected chi connectivity index (χ4v) is 1.95. The molecule has 0 bridgehead atoms. The molecular weight excluding hydrogens is 204 g/mol. The van der Waals surface area contributed by atoms with E-state index in [-0.39, 0.29) is 0 Å². The highest BCUT2D eigenvalue weighted by Crippen LogP contribution is 2.18. The predicted octanol–water partition coefficient (Wildman–Crippen LogP) is 0.551. The van der Waals surface area contributed by atoms with Crippen molar-refractivity contribution in [3.8, 4) is 0 Å². The van der Waals surface area contributed by atoms with Gasteiger partial charge < -0.3 is 15.4 Å². The van der Waals surface area contributed by atoms with Crippen LogP contribution in [0.15, 0.2) is 12.1 Å². The molecule has 88 valence electrons. The first-order chi connectivity index (χ1) is 7.83. The zero-order chi connectivity index (χ0) is 11.4. The summed E-state index contributed by atoms with van der Waals surface area (Å²) >= 11 is 0. The molecule has 2 N–H and O–H groups in total. The van der Waals surface area contributed by atoms with Gasteiger partial charge in [-0.2, -0.15) is 5.10 Å². The summed E-state index contributed by atoms with van der Waals surface area (Å²) in [7, 11) is 1.77. The lowest BCUT2D eigenvalue weighted by Crippen LogP contribution is -2.37. The number of nitrogens with two attached hydrogens (primary N) is 1. The number of anilines is 1. The number of piperidine rings is 1. The van der Waals surface area contributed by atoms with E-state index in [1.807, 2.05) is 12.1 Å². The molecule has 0 aliphatic carbocycles. The van der Waals surface area contributed by atoms with Crippen LogP contribution in [0, 0.1) is 0 Å². The second kappa shape index (κ2) is 5.23. The van der Waals surface area contributed by atoms with Gasteiger partial charge in [-0.05, 0) is 25.0 Å². The largest absolute Gasteiger partial charge is 0.381 e. The lowest BCUT2D eigenvalue weighted by atomic mass is 10.1. The first-order valence-electron chi connectivity index (χ1n) is 5.64. The van der Waals surface area contributed by atoms with Gasteiger partial charge in [0.05, 0.1) is 11.8 Å². The summed E-state index contributed by atoms with van der Waals surface area (Å²) in [6.07, 6.45) is 2.50. The van der Waals surface area contributed by atoms with Crippen molar-refractivity contribution in [1.82, 2.24) is 10.2 Å². The number of nitrogens with zero attached hydrogens (tertiary/aromatic N) is 3. The Bertz CT molecular complexity index is 319. The average molecular weight is 222 g/mol. The zero-order valence-electron chi connectivity index (χ0n) is 9.59. The molecule has 0 aromatic carbocycles. The summed E-state index contributed by atoms with van der Waals surface area (Å²) in [5.74, 6) is 0.937. The van der Waals surface area contributed by atoms with Crippen LogP contribution < -0.4 is 10.6 Å². The first kappa shape index (κ1) is 11.3. The molecule has 0 spiro atoms. The number of hydrogen-bond acceptors (Lipinski definition) is 5. The Morgan fingerprint density at radius 2 is 2.12 bits per heavy atom. The van der Waals surface area contributed by atoms with Crippen LogP contribution in [-0.2, 0) is 11.3 Å². The molecule has 16 heavy (non-hydrogen) atoms. The summed E-state index contributed by atoms with van der Waals surface area (Å²) in [5, 5.41) is 8.24. The van der Waals surface area contributed by atoms with Gasteiger partial charge in [0, 0.05) is 26.7 Å². The van der Waals surface area contributed by atoms with Gasteiger partial charge in [-0.1, -0.05) is 0 Å². The van der Waals surface area contributed by atoms with Gasteiger partial charge >= 0.3 is 0 Å². The van der Waals surface area contributed by atoms with Crippen molar-refractivity contribution in [3.63, 3.8) is 0 Å². The highest BCUT2D eigenvalue weighted by Gasteiger charge is 2.19. The van der Waals surface area contributed by atoms with Crippen LogP contribution in [0.2, 0.25) is 0 Å². The van der Waals surface area contributed by atoms with Gasteiger partial charge in [0.1, 0.15) is 0 Å². The summed E-state index contributed by atoms with van der Waals surface area (Å²) in [6, 6.07) is 3.92. The number of rotatable bonds is 3. The molecule has 0 radical (unpaired) electrons. The highest BCUT2D eigenvalue weighted by atomic mass is 16.5. The Kier molecular flexibility index (Phi) is 3.69. The maximum atomic E-state index is 5.48. The van der Waals surface area contributed by atoms with E-state index in [1.165, 1.54) is 0 Å². The molecule has 5 nitrogen and oxygen atoms in total. The number of aromatic nitrogens is 2. The minimum absolute atomic E-state index is 0.396. The Hall–Kier alpha value is -1.20. The number of methoxy groups -OCH3 is 1. The van der Waals surface area contributed by atoms with Crippen LogP contribution in [0.4, 0.5) is 5.82 Å². The van der Waals surface area contributed by atoms with Crippen LogP contribution in [0.25, 0.3) is 0 Å². The minimum Gasteiger partial charge on any atom is -0.381 e. The van der Waals surface area contributed by atoms with Gasteiger partial charge in [-0.3, -0.25) is 0 Å². The highest BCUT2D eigenvalue weighted by molar-refractivity contribution is 5.37. The summed E-state index contributed by atoms with van der Waals surface area (Å²) in [6.45, 7) is 2.41. The van der Waals surface area contributed by atoms with Crippen molar-refractivity contribution in [2.24, 2.45) is 5.73 Å². The SMILES string of the molecule is COC1CCN(c2ccc(CN)nn2)CC1. The van der Waals surface area contributed by atoms with E-state index in [0.717, 1.165) is 37.4 Å². The van der Waals surface area contributed by atoms with E-state index in [4.69, 9.17) is 10.5 Å². The molecule has 0 atom stereocenters. The molecule has 2 rings (SSSR count). The molecule has 0 amide bonds. The van der Waals surface area contributed by atoms with Crippen molar-refractivity contribution in [1.29, 1.82) is 0 Å². The van der Waals surface area contributed by atoms with E-state index >= 15 is 0 Å². The molecule has 0 saturated carbocycles. The summed E-state index contributed by atoms with van der Waals surface area (Å²) in [4.78, 5) is 2.24. The topological polar surface area (TPSA) is 64.3 Å². The lowest BCUT2D eigenvalue weighted by molar-refractivity contribution is 0.0817. The molecule has 1 saturated heterocycles. The van der Waals surface area contributed by atoms with Crippen LogP contribution in [-0.4, -0.2) is 36.5 Å². The summed E-state index contributed by atoms with van der Waals surface area (Å²) in [5.41, 5.74) is 6.31. The van der Waals surface area contributed by atoms with Crippen LogP contribution in [0.1, 0.15) is 18.5 Å². The predicted molar refractivity (Wildman–Crippen MR) is 62.2 cm³/mol. The molecule has 2 heterocycles. The smallest absolute Gasteiger partial charge is 0.151 e. The second-order valence-corrected chi connectivity index (χ2v) is 4.01. The van der Waals surface area contributed by atoms with Gasteiger partial charge in [0.15, 0.2) is 5.82 Å². The Morgan fingerprint density at radius 1 is 1.38 bits per heavy atom. The fraction of sp³-hybridized carbons (Fsp3) is 0.636. The monoisotopic (exact) mass is 222 g/mol. The second-order valence-electron chi connectivity index (χ2n) is 4.01. The lowest BCUT2D eigenvalue weighted by Gasteiger charge is -2.31. The molecule has 1 fully saturated rings. The van der Waals surface area contributed by atoms with E-state index in [9.17, 15) is 0 Å². The van der Waals surface area contributed by atoms with Gasteiger partial charge in [-0.15, -0.1) is 5.10 Å². The first-order valence-corrected chi connectivity index (χ1v) is 5.64. The van der Waals surface area contributed by atoms with Gasteiger partial charge in [-0.25, -0.2) is 0 Å². The van der Waals surface area contributed by atoms with Crippen LogP contribution in [0.3, 0.4) is 0 Å². The third kappa shape index (κ3) is 2.48. The third-order valence-electron chi connectivity index (χ3n) is 3.01. The van der Waals surface area contributed by atoms with E-state index in [1.54, 1.807) is 7.11 Å².